The normalized spacial score (nSPS) is 9.82. The summed E-state index contributed by atoms with van der Waals surface area (Å²) in [6.45, 7) is 0. The van der Waals surface area contributed by atoms with Crippen molar-refractivity contribution >= 4 is 17.6 Å². The van der Waals surface area contributed by atoms with Crippen molar-refractivity contribution in [3.8, 4) is 6.07 Å². The molecule has 0 aliphatic carbocycles. The minimum atomic E-state index is 0.412. The van der Waals surface area contributed by atoms with Crippen LogP contribution in [0.3, 0.4) is 0 Å². The van der Waals surface area contributed by atoms with Gasteiger partial charge in [-0.25, -0.2) is 15.0 Å². The minimum absolute atomic E-state index is 0.412. The number of nitriles is 1. The van der Waals surface area contributed by atoms with E-state index in [1.54, 1.807) is 24.7 Å². The molecule has 6 heteroatoms. The summed E-state index contributed by atoms with van der Waals surface area (Å²) in [5.74, 6) is 1.10. The van der Waals surface area contributed by atoms with E-state index < -0.39 is 0 Å². The fourth-order valence-corrected chi connectivity index (χ4v) is 2.04. The summed E-state index contributed by atoms with van der Waals surface area (Å²) in [6.07, 6.45) is 4.78. The van der Waals surface area contributed by atoms with Gasteiger partial charge in [-0.1, -0.05) is 11.8 Å². The first-order valence-electron chi connectivity index (χ1n) is 4.84. The van der Waals surface area contributed by atoms with Gasteiger partial charge in [-0.15, -0.1) is 0 Å². The van der Waals surface area contributed by atoms with Crippen molar-refractivity contribution in [1.29, 1.82) is 5.26 Å². The zero-order chi connectivity index (χ0) is 12.1. The predicted molar refractivity (Wildman–Crippen MR) is 65.0 cm³/mol. The van der Waals surface area contributed by atoms with E-state index in [0.29, 0.717) is 22.3 Å². The van der Waals surface area contributed by atoms with E-state index in [9.17, 15) is 0 Å². The van der Waals surface area contributed by atoms with Gasteiger partial charge >= 0.3 is 0 Å². The molecule has 17 heavy (non-hydrogen) atoms. The molecular formula is C11H9N5S. The Hall–Kier alpha value is -2.13. The zero-order valence-corrected chi connectivity index (χ0v) is 9.68. The molecule has 0 saturated carbocycles. The predicted octanol–water partition coefficient (Wildman–Crippen LogP) is 1.62. The van der Waals surface area contributed by atoms with E-state index in [1.807, 2.05) is 12.1 Å². The Bertz CT molecular complexity index is 564. The molecule has 2 heterocycles. The molecule has 0 unspecified atom stereocenters. The van der Waals surface area contributed by atoms with Crippen LogP contribution in [0.4, 0.5) is 5.82 Å². The van der Waals surface area contributed by atoms with E-state index in [2.05, 4.69) is 15.0 Å². The largest absolute Gasteiger partial charge is 0.381 e. The molecule has 0 aromatic carbocycles. The maximum atomic E-state index is 8.73. The van der Waals surface area contributed by atoms with Crippen LogP contribution in [-0.4, -0.2) is 15.0 Å². The van der Waals surface area contributed by atoms with Crippen molar-refractivity contribution in [2.75, 3.05) is 5.73 Å². The molecule has 2 N–H and O–H groups in total. The first-order valence-corrected chi connectivity index (χ1v) is 5.82. The van der Waals surface area contributed by atoms with Crippen LogP contribution < -0.4 is 5.73 Å². The fourth-order valence-electron chi connectivity index (χ4n) is 1.22. The van der Waals surface area contributed by atoms with Gasteiger partial charge in [0.15, 0.2) is 5.82 Å². The molecule has 0 aliphatic rings. The third kappa shape index (κ3) is 2.92. The maximum Gasteiger partial charge on any atom is 0.156 e. The average Bonchev–Trinajstić information content (AvgIpc) is 2.38. The highest BCUT2D eigenvalue weighted by Gasteiger charge is 2.03. The Morgan fingerprint density at radius 3 is 2.82 bits per heavy atom. The SMILES string of the molecule is N#Cc1cc(CSc2nccnc2N)ccn1. The third-order valence-electron chi connectivity index (χ3n) is 2.01. The zero-order valence-electron chi connectivity index (χ0n) is 8.87. The number of aromatic nitrogens is 3. The molecule has 84 valence electrons. The highest BCUT2D eigenvalue weighted by atomic mass is 32.2. The molecule has 0 radical (unpaired) electrons. The standard InChI is InChI=1S/C11H9N5S/c12-6-9-5-8(1-2-14-9)7-17-11-10(13)15-3-4-16-11/h1-5H,7H2,(H2,13,15). The summed E-state index contributed by atoms with van der Waals surface area (Å²) < 4.78 is 0. The van der Waals surface area contributed by atoms with Gasteiger partial charge in [-0.3, -0.25) is 0 Å². The molecule has 0 spiro atoms. The van der Waals surface area contributed by atoms with Gasteiger partial charge < -0.3 is 5.73 Å². The summed E-state index contributed by atoms with van der Waals surface area (Å²) in [7, 11) is 0. The van der Waals surface area contributed by atoms with Crippen molar-refractivity contribution in [3.05, 3.63) is 42.0 Å². The highest BCUT2D eigenvalue weighted by molar-refractivity contribution is 7.98. The molecule has 2 rings (SSSR count). The van der Waals surface area contributed by atoms with E-state index in [1.165, 1.54) is 11.8 Å². The molecule has 2 aromatic heterocycles. The van der Waals surface area contributed by atoms with Gasteiger partial charge in [0.25, 0.3) is 0 Å². The summed E-state index contributed by atoms with van der Waals surface area (Å²) >= 11 is 1.48. The van der Waals surface area contributed by atoms with E-state index >= 15 is 0 Å². The molecule has 2 aromatic rings. The van der Waals surface area contributed by atoms with Gasteiger partial charge in [0, 0.05) is 24.3 Å². The smallest absolute Gasteiger partial charge is 0.156 e. The second-order valence-electron chi connectivity index (χ2n) is 3.20. The monoisotopic (exact) mass is 243 g/mol. The highest BCUT2D eigenvalue weighted by Crippen LogP contribution is 2.23. The van der Waals surface area contributed by atoms with Crippen LogP contribution in [0.2, 0.25) is 0 Å². The number of pyridine rings is 1. The summed E-state index contributed by atoms with van der Waals surface area (Å²) in [6, 6.07) is 5.61. The van der Waals surface area contributed by atoms with Gasteiger partial charge in [0.1, 0.15) is 16.8 Å². The second-order valence-corrected chi connectivity index (χ2v) is 4.16. The lowest BCUT2D eigenvalue weighted by Crippen LogP contribution is -1.95. The Labute approximate surface area is 103 Å². The van der Waals surface area contributed by atoms with Crippen LogP contribution >= 0.6 is 11.8 Å². The maximum absolute atomic E-state index is 8.73. The molecular weight excluding hydrogens is 234 g/mol. The first-order chi connectivity index (χ1) is 8.29. The number of anilines is 1. The van der Waals surface area contributed by atoms with Gasteiger partial charge in [0.2, 0.25) is 0 Å². The summed E-state index contributed by atoms with van der Waals surface area (Å²) in [5.41, 5.74) is 7.10. The van der Waals surface area contributed by atoms with E-state index in [-0.39, 0.29) is 0 Å². The van der Waals surface area contributed by atoms with Crippen molar-refractivity contribution in [2.45, 2.75) is 10.8 Å². The lowest BCUT2D eigenvalue weighted by molar-refractivity contribution is 1.07. The van der Waals surface area contributed by atoms with Gasteiger partial charge in [0.05, 0.1) is 0 Å². The third-order valence-corrected chi connectivity index (χ3v) is 3.07. The van der Waals surface area contributed by atoms with Crippen LogP contribution in [0.5, 0.6) is 0 Å². The van der Waals surface area contributed by atoms with Crippen LogP contribution in [-0.2, 0) is 5.75 Å². The van der Waals surface area contributed by atoms with E-state index in [0.717, 1.165) is 5.56 Å². The average molecular weight is 243 g/mol. The molecule has 0 fully saturated rings. The number of nitrogens with two attached hydrogens (primary N) is 1. The Morgan fingerprint density at radius 1 is 1.24 bits per heavy atom. The van der Waals surface area contributed by atoms with Crippen LogP contribution in [0.15, 0.2) is 35.7 Å². The topological polar surface area (TPSA) is 88.5 Å². The first kappa shape index (κ1) is 11.4. The molecule has 0 saturated heterocycles. The molecule has 0 aliphatic heterocycles. The number of thioether (sulfide) groups is 1. The van der Waals surface area contributed by atoms with Gasteiger partial charge in [-0.2, -0.15) is 5.26 Å². The molecule has 0 bridgehead atoms. The minimum Gasteiger partial charge on any atom is -0.381 e. The number of nitrogens with zero attached hydrogens (tertiary/aromatic N) is 4. The Kier molecular flexibility index (Phi) is 3.52. The quantitative estimate of drug-likeness (QED) is 0.824. The van der Waals surface area contributed by atoms with Gasteiger partial charge in [-0.05, 0) is 17.7 Å². The Morgan fingerprint density at radius 2 is 2.06 bits per heavy atom. The lowest BCUT2D eigenvalue weighted by Gasteiger charge is -2.03. The number of hydrogen-bond acceptors (Lipinski definition) is 6. The lowest BCUT2D eigenvalue weighted by atomic mass is 10.2. The Balaban J connectivity index is 2.08. The molecule has 0 atom stereocenters. The fraction of sp³-hybridized carbons (Fsp3) is 0.0909. The van der Waals surface area contributed by atoms with E-state index in [4.69, 9.17) is 11.0 Å². The van der Waals surface area contributed by atoms with Crippen LogP contribution in [0.1, 0.15) is 11.3 Å². The second kappa shape index (κ2) is 5.27. The number of hydrogen-bond donors (Lipinski definition) is 1. The van der Waals surface area contributed by atoms with Crippen LogP contribution in [0.25, 0.3) is 0 Å². The number of rotatable bonds is 3. The van der Waals surface area contributed by atoms with Crippen molar-refractivity contribution in [1.82, 2.24) is 15.0 Å². The summed E-state index contributed by atoms with van der Waals surface area (Å²) in [4.78, 5) is 12.0. The number of nitrogen functional groups attached to an aromatic ring is 1. The summed E-state index contributed by atoms with van der Waals surface area (Å²) in [5, 5.41) is 9.43. The van der Waals surface area contributed by atoms with Crippen molar-refractivity contribution in [3.63, 3.8) is 0 Å². The van der Waals surface area contributed by atoms with Crippen molar-refractivity contribution in [2.24, 2.45) is 0 Å². The molecule has 5 nitrogen and oxygen atoms in total. The van der Waals surface area contributed by atoms with Crippen LogP contribution in [0, 0.1) is 11.3 Å². The van der Waals surface area contributed by atoms with Crippen molar-refractivity contribution < 1.29 is 0 Å². The molecule has 0 amide bonds.